The van der Waals surface area contributed by atoms with E-state index in [2.05, 4.69) is 4.98 Å². The number of aromatic nitrogens is 1. The Kier molecular flexibility index (Phi) is 3.54. The fraction of sp³-hybridized carbons (Fsp3) is 0.444. The molecule has 2 heterocycles. The Hall–Kier alpha value is -1.94. The number of carbonyl (C=O) groups excluding carboxylic acids is 1. The Balaban J connectivity index is 1.64. The fourth-order valence-corrected chi connectivity index (χ4v) is 3.68. The van der Waals surface area contributed by atoms with Crippen molar-refractivity contribution in [3.63, 3.8) is 0 Å². The molecular weight excluding hydrogens is 276 g/mol. The van der Waals surface area contributed by atoms with Gasteiger partial charge in [-0.15, -0.1) is 0 Å². The lowest BCUT2D eigenvalue weighted by Gasteiger charge is -2.43. The largest absolute Gasteiger partial charge is 0.374 e. The monoisotopic (exact) mass is 296 g/mol. The molecule has 1 aromatic heterocycles. The highest BCUT2D eigenvalue weighted by atomic mass is 16.5. The highest BCUT2D eigenvalue weighted by Crippen LogP contribution is 2.29. The summed E-state index contributed by atoms with van der Waals surface area (Å²) in [7, 11) is 0. The van der Waals surface area contributed by atoms with Crippen LogP contribution in [0.25, 0.3) is 10.9 Å². The minimum Gasteiger partial charge on any atom is -0.374 e. The first-order valence-electron chi connectivity index (χ1n) is 8.11. The van der Waals surface area contributed by atoms with Gasteiger partial charge < -0.3 is 9.64 Å². The highest BCUT2D eigenvalue weighted by molar-refractivity contribution is 5.95. The fourth-order valence-electron chi connectivity index (χ4n) is 3.68. The van der Waals surface area contributed by atoms with Crippen LogP contribution in [0.5, 0.6) is 0 Å². The molecule has 1 amide bonds. The molecule has 4 nitrogen and oxygen atoms in total. The molecule has 2 unspecified atom stereocenters. The van der Waals surface area contributed by atoms with Gasteiger partial charge in [0.15, 0.2) is 0 Å². The van der Waals surface area contributed by atoms with Gasteiger partial charge in [-0.1, -0.05) is 37.1 Å². The van der Waals surface area contributed by atoms with Crippen molar-refractivity contribution < 1.29 is 9.53 Å². The summed E-state index contributed by atoms with van der Waals surface area (Å²) in [6.45, 7) is 1.31. The molecule has 0 radical (unpaired) electrons. The number of amides is 1. The summed E-state index contributed by atoms with van der Waals surface area (Å²) in [4.78, 5) is 19.5. The molecule has 2 aromatic rings. The van der Waals surface area contributed by atoms with Crippen LogP contribution >= 0.6 is 0 Å². The first-order chi connectivity index (χ1) is 10.8. The number of morpholine rings is 1. The molecule has 114 valence electrons. The molecule has 1 saturated heterocycles. The van der Waals surface area contributed by atoms with E-state index in [4.69, 9.17) is 4.74 Å². The van der Waals surface area contributed by atoms with Gasteiger partial charge in [0, 0.05) is 11.9 Å². The number of hydrogen-bond acceptors (Lipinski definition) is 3. The summed E-state index contributed by atoms with van der Waals surface area (Å²) in [5, 5.41) is 1.07. The quantitative estimate of drug-likeness (QED) is 0.812. The van der Waals surface area contributed by atoms with Crippen molar-refractivity contribution in [3.8, 4) is 0 Å². The first-order valence-corrected chi connectivity index (χ1v) is 8.11. The first kappa shape index (κ1) is 13.7. The maximum atomic E-state index is 12.9. The predicted octanol–water partition coefficient (Wildman–Crippen LogP) is 3.02. The summed E-state index contributed by atoms with van der Waals surface area (Å²) < 4.78 is 5.85. The van der Waals surface area contributed by atoms with Crippen LogP contribution in [-0.2, 0) is 4.74 Å². The van der Waals surface area contributed by atoms with E-state index in [9.17, 15) is 4.79 Å². The zero-order chi connectivity index (χ0) is 14.9. The minimum absolute atomic E-state index is 0.0472. The molecule has 2 aliphatic rings. The summed E-state index contributed by atoms with van der Waals surface area (Å²) in [5.74, 6) is 0.0472. The molecule has 1 aliphatic heterocycles. The van der Waals surface area contributed by atoms with Gasteiger partial charge in [-0.2, -0.15) is 0 Å². The Morgan fingerprint density at radius 3 is 2.95 bits per heavy atom. The lowest BCUT2D eigenvalue weighted by molar-refractivity contribution is -0.0754. The molecule has 4 heteroatoms. The highest BCUT2D eigenvalue weighted by Gasteiger charge is 2.37. The van der Waals surface area contributed by atoms with Crippen molar-refractivity contribution in [2.45, 2.75) is 37.8 Å². The molecule has 0 bridgehead atoms. The number of para-hydroxylation sites is 1. The van der Waals surface area contributed by atoms with E-state index in [0.717, 1.165) is 23.7 Å². The van der Waals surface area contributed by atoms with E-state index < -0.39 is 0 Å². The zero-order valence-electron chi connectivity index (χ0n) is 12.6. The molecule has 2 fully saturated rings. The maximum absolute atomic E-state index is 12.9. The third-order valence-electron chi connectivity index (χ3n) is 4.81. The van der Waals surface area contributed by atoms with Crippen LogP contribution in [0, 0.1) is 0 Å². The van der Waals surface area contributed by atoms with E-state index in [1.807, 2.05) is 41.3 Å². The van der Waals surface area contributed by atoms with Crippen molar-refractivity contribution in [2.24, 2.45) is 0 Å². The Morgan fingerprint density at radius 1 is 1.14 bits per heavy atom. The van der Waals surface area contributed by atoms with Gasteiger partial charge in [0.2, 0.25) is 0 Å². The van der Waals surface area contributed by atoms with Gasteiger partial charge in [-0.25, -0.2) is 4.98 Å². The van der Waals surface area contributed by atoms with Crippen LogP contribution in [-0.4, -0.2) is 41.1 Å². The maximum Gasteiger partial charge on any atom is 0.272 e. The SMILES string of the molecule is O=C(c1ccc2ccccc2n1)N1CCOC2CCCCC21. The van der Waals surface area contributed by atoms with Crippen LogP contribution in [0.4, 0.5) is 0 Å². The smallest absolute Gasteiger partial charge is 0.272 e. The normalized spacial score (nSPS) is 25.0. The predicted molar refractivity (Wildman–Crippen MR) is 84.8 cm³/mol. The Morgan fingerprint density at radius 2 is 2.00 bits per heavy atom. The van der Waals surface area contributed by atoms with Crippen LogP contribution in [0.1, 0.15) is 36.2 Å². The second-order valence-corrected chi connectivity index (χ2v) is 6.15. The lowest BCUT2D eigenvalue weighted by Crippen LogP contribution is -2.54. The molecule has 4 rings (SSSR count). The lowest BCUT2D eigenvalue weighted by atomic mass is 9.90. The van der Waals surface area contributed by atoms with Crippen LogP contribution in [0.3, 0.4) is 0 Å². The molecular formula is C18H20N2O2. The number of benzene rings is 1. The third kappa shape index (κ3) is 2.37. The van der Waals surface area contributed by atoms with Gasteiger partial charge in [-0.3, -0.25) is 4.79 Å². The third-order valence-corrected chi connectivity index (χ3v) is 4.81. The number of pyridine rings is 1. The molecule has 1 aromatic carbocycles. The number of fused-ring (bicyclic) bond motifs is 2. The number of hydrogen-bond donors (Lipinski definition) is 0. The van der Waals surface area contributed by atoms with Crippen molar-refractivity contribution in [3.05, 3.63) is 42.1 Å². The zero-order valence-corrected chi connectivity index (χ0v) is 12.6. The van der Waals surface area contributed by atoms with Gasteiger partial charge in [0.05, 0.1) is 24.3 Å². The number of ether oxygens (including phenoxy) is 1. The van der Waals surface area contributed by atoms with Crippen molar-refractivity contribution in [1.29, 1.82) is 0 Å². The van der Waals surface area contributed by atoms with Gasteiger partial charge in [-0.05, 0) is 25.0 Å². The molecule has 22 heavy (non-hydrogen) atoms. The van der Waals surface area contributed by atoms with E-state index in [1.165, 1.54) is 12.8 Å². The molecule has 1 saturated carbocycles. The second-order valence-electron chi connectivity index (χ2n) is 6.15. The number of carbonyl (C=O) groups is 1. The van der Waals surface area contributed by atoms with E-state index in [-0.39, 0.29) is 18.1 Å². The van der Waals surface area contributed by atoms with Crippen molar-refractivity contribution in [1.82, 2.24) is 9.88 Å². The Bertz CT molecular complexity index is 698. The summed E-state index contributed by atoms with van der Waals surface area (Å²) in [6.07, 6.45) is 4.72. The molecule has 0 spiro atoms. The van der Waals surface area contributed by atoms with Gasteiger partial charge >= 0.3 is 0 Å². The van der Waals surface area contributed by atoms with Crippen molar-refractivity contribution in [2.75, 3.05) is 13.2 Å². The number of rotatable bonds is 1. The van der Waals surface area contributed by atoms with E-state index >= 15 is 0 Å². The molecule has 0 N–H and O–H groups in total. The average Bonchev–Trinajstić information content (AvgIpc) is 2.60. The minimum atomic E-state index is 0.0472. The Labute approximate surface area is 130 Å². The molecule has 2 atom stereocenters. The summed E-state index contributed by atoms with van der Waals surface area (Å²) >= 11 is 0. The van der Waals surface area contributed by atoms with E-state index in [1.54, 1.807) is 0 Å². The van der Waals surface area contributed by atoms with Crippen LogP contribution in [0.15, 0.2) is 36.4 Å². The van der Waals surface area contributed by atoms with Crippen LogP contribution in [0.2, 0.25) is 0 Å². The summed E-state index contributed by atoms with van der Waals surface area (Å²) in [5.41, 5.74) is 1.42. The standard InChI is InChI=1S/C18H20N2O2/c21-18(15-10-9-13-5-1-2-6-14(13)19-15)20-11-12-22-17-8-4-3-7-16(17)20/h1-2,5-6,9-10,16-17H,3-4,7-8,11-12H2. The van der Waals surface area contributed by atoms with Crippen LogP contribution < -0.4 is 0 Å². The molecule has 1 aliphatic carbocycles. The van der Waals surface area contributed by atoms with Gasteiger partial charge in [0.25, 0.3) is 5.91 Å². The van der Waals surface area contributed by atoms with Crippen molar-refractivity contribution >= 4 is 16.8 Å². The topological polar surface area (TPSA) is 42.4 Å². The summed E-state index contributed by atoms with van der Waals surface area (Å²) in [6, 6.07) is 12.0. The second kappa shape index (κ2) is 5.69. The van der Waals surface area contributed by atoms with E-state index in [0.29, 0.717) is 18.8 Å². The number of nitrogens with zero attached hydrogens (tertiary/aromatic N) is 2. The average molecular weight is 296 g/mol. The van der Waals surface area contributed by atoms with Gasteiger partial charge in [0.1, 0.15) is 5.69 Å².